The molecule has 1 aromatic heterocycles. The van der Waals surface area contributed by atoms with Crippen LogP contribution in [0.1, 0.15) is 45.3 Å². The first kappa shape index (κ1) is 20.4. The lowest BCUT2D eigenvalue weighted by Gasteiger charge is -2.38. The van der Waals surface area contributed by atoms with Gasteiger partial charge in [0.05, 0.1) is 5.54 Å². The number of carbonyl (C=O) groups is 2. The first-order valence-corrected chi connectivity index (χ1v) is 10.3. The Bertz CT molecular complexity index is 1260. The van der Waals surface area contributed by atoms with Gasteiger partial charge in [0, 0.05) is 36.8 Å². The van der Waals surface area contributed by atoms with Gasteiger partial charge in [0.1, 0.15) is 17.2 Å². The zero-order valence-corrected chi connectivity index (χ0v) is 17.5. The van der Waals surface area contributed by atoms with Crippen molar-refractivity contribution in [1.29, 1.82) is 0 Å². The fourth-order valence-corrected chi connectivity index (χ4v) is 4.82. The van der Waals surface area contributed by atoms with E-state index < -0.39 is 46.7 Å². The molecule has 2 aliphatic heterocycles. The standard InChI is InChI=1S/C23H21F2N3O4/c1-11-5-16(24)14(17(25)6-11)8-26-21(31)15-9-28-18(20(30)19(15)29)22(32)27-10-23(28)7-13(23)4-3-12(27)2/h3-6,9,12-13,30H,7-8,10H2,1-2H3,(H,26,31)/t12-,13+,23-/m1/s1. The smallest absolute Gasteiger partial charge is 0.275 e. The largest absolute Gasteiger partial charge is 0.503 e. The summed E-state index contributed by atoms with van der Waals surface area (Å²) in [6.45, 7) is 3.34. The second-order valence-electron chi connectivity index (χ2n) is 8.80. The molecule has 7 nitrogen and oxygen atoms in total. The molecule has 3 aliphatic rings. The van der Waals surface area contributed by atoms with E-state index in [4.69, 9.17) is 0 Å². The van der Waals surface area contributed by atoms with E-state index in [1.165, 1.54) is 10.8 Å². The predicted molar refractivity (Wildman–Crippen MR) is 110 cm³/mol. The van der Waals surface area contributed by atoms with Crippen molar-refractivity contribution >= 4 is 11.8 Å². The molecule has 1 fully saturated rings. The van der Waals surface area contributed by atoms with Crippen LogP contribution in [0, 0.1) is 24.5 Å². The molecule has 2 N–H and O–H groups in total. The molecule has 1 aliphatic carbocycles. The minimum absolute atomic E-state index is 0.107. The van der Waals surface area contributed by atoms with Crippen molar-refractivity contribution in [2.45, 2.75) is 38.4 Å². The van der Waals surface area contributed by atoms with Crippen LogP contribution in [0.5, 0.6) is 5.75 Å². The number of fused-ring (bicyclic) bond motifs is 2. The van der Waals surface area contributed by atoms with Crippen molar-refractivity contribution in [1.82, 2.24) is 14.8 Å². The SMILES string of the molecule is Cc1cc(F)c(CNC(=O)c2cn3c(c(O)c2=O)C(=O)N2C[C@@]34C[C@@H]4C=C[C@H]2C)c(F)c1. The monoisotopic (exact) mass is 441 g/mol. The summed E-state index contributed by atoms with van der Waals surface area (Å²) in [6, 6.07) is 2.11. The Labute approximate surface area is 182 Å². The number of benzene rings is 1. The van der Waals surface area contributed by atoms with Gasteiger partial charge in [-0.1, -0.05) is 12.2 Å². The quantitative estimate of drug-likeness (QED) is 0.715. The number of aromatic nitrogens is 1. The van der Waals surface area contributed by atoms with Crippen LogP contribution in [0.2, 0.25) is 0 Å². The Morgan fingerprint density at radius 1 is 1.25 bits per heavy atom. The number of nitrogens with one attached hydrogen (secondary N) is 1. The summed E-state index contributed by atoms with van der Waals surface area (Å²) in [5, 5.41) is 13.0. The van der Waals surface area contributed by atoms with Crippen LogP contribution < -0.4 is 10.7 Å². The first-order valence-electron chi connectivity index (χ1n) is 10.3. The second kappa shape index (κ2) is 6.75. The average molecular weight is 441 g/mol. The summed E-state index contributed by atoms with van der Waals surface area (Å²) in [5.74, 6) is -3.67. The first-order chi connectivity index (χ1) is 15.1. The van der Waals surface area contributed by atoms with Gasteiger partial charge in [-0.2, -0.15) is 0 Å². The number of nitrogens with zero attached hydrogens (tertiary/aromatic N) is 2. The molecule has 3 heterocycles. The number of carbonyl (C=O) groups excluding carboxylic acids is 2. The molecule has 0 saturated heterocycles. The van der Waals surface area contributed by atoms with Gasteiger partial charge in [-0.25, -0.2) is 8.78 Å². The summed E-state index contributed by atoms with van der Waals surface area (Å²) < 4.78 is 29.7. The van der Waals surface area contributed by atoms with Crippen LogP contribution in [0.4, 0.5) is 8.78 Å². The van der Waals surface area contributed by atoms with E-state index in [-0.39, 0.29) is 28.8 Å². The number of rotatable bonds is 3. The Kier molecular flexibility index (Phi) is 4.31. The molecule has 166 valence electrons. The van der Waals surface area contributed by atoms with E-state index in [0.29, 0.717) is 18.5 Å². The van der Waals surface area contributed by atoms with Gasteiger partial charge < -0.3 is 19.9 Å². The molecule has 1 aromatic carbocycles. The van der Waals surface area contributed by atoms with Crippen LogP contribution in [0.15, 0.2) is 35.3 Å². The molecule has 1 saturated carbocycles. The zero-order valence-electron chi connectivity index (χ0n) is 17.5. The number of aryl methyl sites for hydroxylation is 1. The molecule has 2 bridgehead atoms. The fraction of sp³-hybridized carbons (Fsp3) is 0.348. The molecule has 1 spiro atoms. The number of pyridine rings is 1. The highest BCUT2D eigenvalue weighted by molar-refractivity contribution is 5.99. The Morgan fingerprint density at radius 3 is 2.62 bits per heavy atom. The zero-order chi connectivity index (χ0) is 22.9. The van der Waals surface area contributed by atoms with Crippen LogP contribution in [-0.4, -0.2) is 39.0 Å². The molecule has 3 atom stereocenters. The number of aromatic hydroxyl groups is 1. The van der Waals surface area contributed by atoms with Crippen molar-refractivity contribution in [2.24, 2.45) is 5.92 Å². The fourth-order valence-electron chi connectivity index (χ4n) is 4.82. The predicted octanol–water partition coefficient (Wildman–Crippen LogP) is 2.20. The summed E-state index contributed by atoms with van der Waals surface area (Å²) in [6.07, 6.45) is 5.94. The summed E-state index contributed by atoms with van der Waals surface area (Å²) in [7, 11) is 0. The van der Waals surface area contributed by atoms with E-state index in [2.05, 4.69) is 5.32 Å². The van der Waals surface area contributed by atoms with Crippen molar-refractivity contribution in [3.63, 3.8) is 0 Å². The highest BCUT2D eigenvalue weighted by Gasteiger charge is 2.61. The van der Waals surface area contributed by atoms with E-state index in [9.17, 15) is 28.3 Å². The molecule has 2 aromatic rings. The lowest BCUT2D eigenvalue weighted by Crippen LogP contribution is -2.51. The molecule has 2 amide bonds. The van der Waals surface area contributed by atoms with Gasteiger partial charge in [-0.05, 0) is 38.0 Å². The maximum Gasteiger partial charge on any atom is 0.275 e. The van der Waals surface area contributed by atoms with Gasteiger partial charge in [0.25, 0.3) is 11.8 Å². The second-order valence-corrected chi connectivity index (χ2v) is 8.80. The molecule has 32 heavy (non-hydrogen) atoms. The maximum atomic E-state index is 14.1. The lowest BCUT2D eigenvalue weighted by atomic mass is 10.0. The van der Waals surface area contributed by atoms with Crippen LogP contribution in [-0.2, 0) is 12.1 Å². The topological polar surface area (TPSA) is 91.6 Å². The summed E-state index contributed by atoms with van der Waals surface area (Å²) >= 11 is 0. The minimum atomic E-state index is -0.999. The van der Waals surface area contributed by atoms with Crippen molar-refractivity contribution in [3.8, 4) is 5.75 Å². The molecule has 0 unspecified atom stereocenters. The summed E-state index contributed by atoms with van der Waals surface area (Å²) in [5.41, 5.74) is -1.98. The third kappa shape index (κ3) is 2.80. The van der Waals surface area contributed by atoms with E-state index in [1.54, 1.807) is 11.8 Å². The van der Waals surface area contributed by atoms with Crippen LogP contribution in [0.3, 0.4) is 0 Å². The number of hydrogen-bond acceptors (Lipinski definition) is 4. The van der Waals surface area contributed by atoms with Gasteiger partial charge in [-0.15, -0.1) is 0 Å². The van der Waals surface area contributed by atoms with Gasteiger partial charge in [0.15, 0.2) is 11.4 Å². The minimum Gasteiger partial charge on any atom is -0.503 e. The van der Waals surface area contributed by atoms with Gasteiger partial charge in [-0.3, -0.25) is 14.4 Å². The van der Waals surface area contributed by atoms with E-state index in [1.807, 2.05) is 19.1 Å². The normalized spacial score (nSPS) is 25.1. The van der Waals surface area contributed by atoms with Crippen LogP contribution in [0.25, 0.3) is 0 Å². The maximum absolute atomic E-state index is 14.1. The third-order valence-electron chi connectivity index (χ3n) is 6.74. The number of hydrogen-bond donors (Lipinski definition) is 2. The Hall–Kier alpha value is -3.49. The number of amides is 2. The highest BCUT2D eigenvalue weighted by Crippen LogP contribution is 2.56. The molecule has 5 rings (SSSR count). The van der Waals surface area contributed by atoms with Crippen molar-refractivity contribution in [2.75, 3.05) is 6.54 Å². The lowest BCUT2D eigenvalue weighted by molar-refractivity contribution is 0.0601. The number of allylic oxidation sites excluding steroid dienone is 1. The Balaban J connectivity index is 1.52. The molecule has 0 radical (unpaired) electrons. The van der Waals surface area contributed by atoms with Gasteiger partial charge >= 0.3 is 0 Å². The molecular weight excluding hydrogens is 420 g/mol. The van der Waals surface area contributed by atoms with Crippen molar-refractivity contribution in [3.05, 3.63) is 74.7 Å². The Morgan fingerprint density at radius 2 is 1.94 bits per heavy atom. The van der Waals surface area contributed by atoms with Gasteiger partial charge in [0.2, 0.25) is 5.43 Å². The summed E-state index contributed by atoms with van der Waals surface area (Å²) in [4.78, 5) is 40.2. The third-order valence-corrected chi connectivity index (χ3v) is 6.74. The van der Waals surface area contributed by atoms with Crippen LogP contribution >= 0.6 is 0 Å². The average Bonchev–Trinajstić information content (AvgIpc) is 3.44. The number of halogens is 2. The molecule has 9 heteroatoms. The van der Waals surface area contributed by atoms with E-state index in [0.717, 1.165) is 12.1 Å². The van der Waals surface area contributed by atoms with E-state index >= 15 is 0 Å². The highest BCUT2D eigenvalue weighted by atomic mass is 19.1. The van der Waals surface area contributed by atoms with Crippen molar-refractivity contribution < 1.29 is 23.5 Å². The molecular formula is C23H21F2N3O4.